The molecule has 2 rings (SSSR count). The highest BCUT2D eigenvalue weighted by Gasteiger charge is 1.94. The maximum atomic E-state index is 3.45. The molecular formula is C15H16BrNS. The number of para-hydroxylation sites is 1. The van der Waals surface area contributed by atoms with Crippen molar-refractivity contribution in [2.24, 2.45) is 0 Å². The number of halogens is 1. The van der Waals surface area contributed by atoms with E-state index in [4.69, 9.17) is 0 Å². The monoisotopic (exact) mass is 321 g/mol. The minimum atomic E-state index is 1.02. The second-order valence-electron chi connectivity index (χ2n) is 3.95. The smallest absolute Gasteiger partial charge is 0.0340 e. The van der Waals surface area contributed by atoms with E-state index in [-0.39, 0.29) is 0 Å². The Bertz CT molecular complexity index is 456. The third-order valence-electron chi connectivity index (χ3n) is 2.51. The second kappa shape index (κ2) is 7.49. The predicted molar refractivity (Wildman–Crippen MR) is 84.4 cm³/mol. The van der Waals surface area contributed by atoms with Crippen LogP contribution in [0.25, 0.3) is 0 Å². The molecule has 18 heavy (non-hydrogen) atoms. The molecule has 1 N–H and O–H groups in total. The molecule has 94 valence electrons. The quantitative estimate of drug-likeness (QED) is 0.590. The minimum absolute atomic E-state index is 1.02. The van der Waals surface area contributed by atoms with Crippen molar-refractivity contribution in [2.45, 2.75) is 11.3 Å². The Balaban J connectivity index is 1.63. The standard InChI is InChI=1S/C15H16BrNS/c16-13-7-9-15(10-8-13)18-12-4-11-17-14-5-2-1-3-6-14/h1-3,5-10,17H,4,11-12H2. The van der Waals surface area contributed by atoms with Gasteiger partial charge in [0.05, 0.1) is 0 Å². The number of hydrogen-bond acceptors (Lipinski definition) is 2. The molecule has 0 saturated heterocycles. The molecule has 0 heterocycles. The van der Waals surface area contributed by atoms with E-state index in [9.17, 15) is 0 Å². The second-order valence-corrected chi connectivity index (χ2v) is 6.03. The molecular weight excluding hydrogens is 306 g/mol. The zero-order chi connectivity index (χ0) is 12.6. The Morgan fingerprint density at radius 1 is 0.944 bits per heavy atom. The molecule has 0 unspecified atom stereocenters. The summed E-state index contributed by atoms with van der Waals surface area (Å²) in [5.41, 5.74) is 1.20. The van der Waals surface area contributed by atoms with Crippen molar-refractivity contribution < 1.29 is 0 Å². The molecule has 0 fully saturated rings. The van der Waals surface area contributed by atoms with Gasteiger partial charge in [-0.15, -0.1) is 11.8 Å². The van der Waals surface area contributed by atoms with Crippen LogP contribution < -0.4 is 5.32 Å². The van der Waals surface area contributed by atoms with Gasteiger partial charge in [0.1, 0.15) is 0 Å². The Morgan fingerprint density at radius 2 is 1.67 bits per heavy atom. The van der Waals surface area contributed by atoms with Gasteiger partial charge < -0.3 is 5.32 Å². The summed E-state index contributed by atoms with van der Waals surface area (Å²) < 4.78 is 1.14. The number of anilines is 1. The molecule has 0 aliphatic heterocycles. The summed E-state index contributed by atoms with van der Waals surface area (Å²) in [6, 6.07) is 18.8. The minimum Gasteiger partial charge on any atom is -0.385 e. The van der Waals surface area contributed by atoms with Gasteiger partial charge in [-0.05, 0) is 48.6 Å². The van der Waals surface area contributed by atoms with E-state index in [2.05, 4.69) is 69.8 Å². The lowest BCUT2D eigenvalue weighted by Crippen LogP contribution is -2.01. The topological polar surface area (TPSA) is 12.0 Å². The van der Waals surface area contributed by atoms with Crippen LogP contribution in [0.1, 0.15) is 6.42 Å². The van der Waals surface area contributed by atoms with Crippen LogP contribution in [0.3, 0.4) is 0 Å². The molecule has 0 aliphatic rings. The van der Waals surface area contributed by atoms with E-state index >= 15 is 0 Å². The molecule has 2 aromatic carbocycles. The van der Waals surface area contributed by atoms with Gasteiger partial charge in [-0.25, -0.2) is 0 Å². The van der Waals surface area contributed by atoms with Crippen molar-refractivity contribution in [2.75, 3.05) is 17.6 Å². The first-order valence-corrected chi connectivity index (χ1v) is 7.80. The van der Waals surface area contributed by atoms with Crippen LogP contribution in [0.5, 0.6) is 0 Å². The van der Waals surface area contributed by atoms with Crippen LogP contribution in [0.2, 0.25) is 0 Å². The fourth-order valence-electron chi connectivity index (χ4n) is 1.58. The Morgan fingerprint density at radius 3 is 2.39 bits per heavy atom. The van der Waals surface area contributed by atoms with Gasteiger partial charge in [-0.1, -0.05) is 34.1 Å². The largest absolute Gasteiger partial charge is 0.385 e. The van der Waals surface area contributed by atoms with E-state index in [1.807, 2.05) is 17.8 Å². The summed E-state index contributed by atoms with van der Waals surface area (Å²) in [4.78, 5) is 1.33. The van der Waals surface area contributed by atoms with Crippen molar-refractivity contribution in [3.63, 3.8) is 0 Å². The lowest BCUT2D eigenvalue weighted by Gasteiger charge is -2.06. The highest BCUT2D eigenvalue weighted by Crippen LogP contribution is 2.21. The van der Waals surface area contributed by atoms with Gasteiger partial charge in [-0.2, -0.15) is 0 Å². The summed E-state index contributed by atoms with van der Waals surface area (Å²) in [5.74, 6) is 1.14. The molecule has 0 aromatic heterocycles. The first kappa shape index (κ1) is 13.5. The summed E-state index contributed by atoms with van der Waals surface area (Å²) in [7, 11) is 0. The van der Waals surface area contributed by atoms with E-state index < -0.39 is 0 Å². The zero-order valence-electron chi connectivity index (χ0n) is 10.1. The Kier molecular flexibility index (Phi) is 5.62. The molecule has 0 aliphatic carbocycles. The van der Waals surface area contributed by atoms with Gasteiger partial charge in [0.25, 0.3) is 0 Å². The van der Waals surface area contributed by atoms with Crippen LogP contribution in [0.15, 0.2) is 64.0 Å². The van der Waals surface area contributed by atoms with Crippen molar-refractivity contribution >= 4 is 33.4 Å². The highest BCUT2D eigenvalue weighted by molar-refractivity contribution is 9.10. The van der Waals surface area contributed by atoms with Crippen molar-refractivity contribution in [1.82, 2.24) is 0 Å². The molecule has 0 bridgehead atoms. The van der Waals surface area contributed by atoms with Gasteiger partial charge in [0, 0.05) is 21.6 Å². The molecule has 1 nitrogen and oxygen atoms in total. The van der Waals surface area contributed by atoms with Crippen molar-refractivity contribution in [3.05, 3.63) is 59.1 Å². The lowest BCUT2D eigenvalue weighted by molar-refractivity contribution is 0.991. The van der Waals surface area contributed by atoms with Crippen LogP contribution in [0, 0.1) is 0 Å². The maximum Gasteiger partial charge on any atom is 0.0340 e. The van der Waals surface area contributed by atoms with Crippen LogP contribution >= 0.6 is 27.7 Å². The van der Waals surface area contributed by atoms with Crippen LogP contribution in [-0.4, -0.2) is 12.3 Å². The average molecular weight is 322 g/mol. The average Bonchev–Trinajstić information content (AvgIpc) is 2.42. The first-order valence-electron chi connectivity index (χ1n) is 6.02. The lowest BCUT2D eigenvalue weighted by atomic mass is 10.3. The van der Waals surface area contributed by atoms with E-state index in [0.29, 0.717) is 0 Å². The van der Waals surface area contributed by atoms with Crippen LogP contribution in [0.4, 0.5) is 5.69 Å². The molecule has 0 radical (unpaired) electrons. The Hall–Kier alpha value is -0.930. The molecule has 0 atom stereocenters. The SMILES string of the molecule is Brc1ccc(SCCCNc2ccccc2)cc1. The molecule has 0 amide bonds. The Labute approximate surface area is 121 Å². The van der Waals surface area contributed by atoms with Gasteiger partial charge in [0.15, 0.2) is 0 Å². The number of nitrogens with one attached hydrogen (secondary N) is 1. The molecule has 0 spiro atoms. The highest BCUT2D eigenvalue weighted by atomic mass is 79.9. The third kappa shape index (κ3) is 4.75. The summed E-state index contributed by atoms with van der Waals surface area (Å²) in [6.45, 7) is 1.02. The molecule has 2 aromatic rings. The predicted octanol–water partition coefficient (Wildman–Crippen LogP) is 5.04. The molecule has 3 heteroatoms. The summed E-state index contributed by atoms with van der Waals surface area (Å²) >= 11 is 5.35. The van der Waals surface area contributed by atoms with Gasteiger partial charge >= 0.3 is 0 Å². The normalized spacial score (nSPS) is 10.3. The van der Waals surface area contributed by atoms with E-state index in [1.54, 1.807) is 0 Å². The molecule has 0 saturated carbocycles. The number of hydrogen-bond donors (Lipinski definition) is 1. The van der Waals surface area contributed by atoms with Crippen molar-refractivity contribution in [3.8, 4) is 0 Å². The third-order valence-corrected chi connectivity index (χ3v) is 4.13. The summed E-state index contributed by atoms with van der Waals surface area (Å²) in [5, 5.41) is 3.42. The van der Waals surface area contributed by atoms with E-state index in [0.717, 1.165) is 23.2 Å². The fraction of sp³-hybridized carbons (Fsp3) is 0.200. The number of benzene rings is 2. The fourth-order valence-corrected chi connectivity index (χ4v) is 2.70. The maximum absolute atomic E-state index is 3.45. The van der Waals surface area contributed by atoms with Crippen molar-refractivity contribution in [1.29, 1.82) is 0 Å². The van der Waals surface area contributed by atoms with E-state index in [1.165, 1.54) is 10.6 Å². The summed E-state index contributed by atoms with van der Waals surface area (Å²) in [6.07, 6.45) is 1.16. The van der Waals surface area contributed by atoms with Gasteiger partial charge in [-0.3, -0.25) is 0 Å². The number of thioether (sulfide) groups is 1. The number of rotatable bonds is 6. The first-order chi connectivity index (χ1) is 8.84. The van der Waals surface area contributed by atoms with Gasteiger partial charge in [0.2, 0.25) is 0 Å². The zero-order valence-corrected chi connectivity index (χ0v) is 12.5. The van der Waals surface area contributed by atoms with Crippen LogP contribution in [-0.2, 0) is 0 Å².